The summed E-state index contributed by atoms with van der Waals surface area (Å²) in [5, 5.41) is 6.61. The number of rotatable bonds is 5. The molecule has 1 amide bonds. The van der Waals surface area contributed by atoms with Crippen molar-refractivity contribution in [3.63, 3.8) is 0 Å². The molecule has 1 unspecified atom stereocenters. The van der Waals surface area contributed by atoms with Crippen LogP contribution in [0.15, 0.2) is 48.8 Å². The predicted octanol–water partition coefficient (Wildman–Crippen LogP) is 4.71. The first kappa shape index (κ1) is 17.5. The van der Waals surface area contributed by atoms with E-state index in [1.807, 2.05) is 49.5 Å². The summed E-state index contributed by atoms with van der Waals surface area (Å²) in [6.45, 7) is 1.99. The lowest BCUT2D eigenvalue weighted by molar-refractivity contribution is 0.0939. The Morgan fingerprint density at radius 2 is 1.80 bits per heavy atom. The second-order valence-electron chi connectivity index (χ2n) is 6.90. The number of anilines is 1. The molecule has 1 saturated carbocycles. The maximum absolute atomic E-state index is 12.5. The molecule has 4 heteroatoms. The van der Waals surface area contributed by atoms with Gasteiger partial charge in [-0.3, -0.25) is 9.78 Å². The Labute approximate surface area is 150 Å². The van der Waals surface area contributed by atoms with Crippen LogP contribution in [0.3, 0.4) is 0 Å². The fourth-order valence-corrected chi connectivity index (χ4v) is 3.41. The maximum Gasteiger partial charge on any atom is 0.253 e. The monoisotopic (exact) mass is 337 g/mol. The summed E-state index contributed by atoms with van der Waals surface area (Å²) in [7, 11) is 0. The Morgan fingerprint density at radius 1 is 1.08 bits per heavy atom. The Morgan fingerprint density at radius 3 is 2.52 bits per heavy atom. The first-order valence-corrected chi connectivity index (χ1v) is 9.30. The summed E-state index contributed by atoms with van der Waals surface area (Å²) in [6, 6.07) is 12.3. The molecule has 1 atom stereocenters. The third-order valence-corrected chi connectivity index (χ3v) is 4.87. The van der Waals surface area contributed by atoms with Crippen LogP contribution in [0.4, 0.5) is 5.69 Å². The number of aromatic nitrogens is 1. The van der Waals surface area contributed by atoms with Gasteiger partial charge in [0, 0.05) is 18.4 Å². The first-order valence-electron chi connectivity index (χ1n) is 9.30. The number of nitrogens with zero attached hydrogens (tertiary/aromatic N) is 1. The van der Waals surface area contributed by atoms with Gasteiger partial charge in [-0.15, -0.1) is 0 Å². The third-order valence-electron chi connectivity index (χ3n) is 4.87. The first-order chi connectivity index (χ1) is 12.2. The number of hydrogen-bond donors (Lipinski definition) is 2. The lowest BCUT2D eigenvalue weighted by Crippen LogP contribution is -2.27. The summed E-state index contributed by atoms with van der Waals surface area (Å²) in [5.74, 6) is -0.0895. The van der Waals surface area contributed by atoms with Crippen molar-refractivity contribution in [3.8, 4) is 0 Å². The Bertz CT molecular complexity index is 679. The lowest BCUT2D eigenvalue weighted by Gasteiger charge is -2.18. The fraction of sp³-hybridized carbons (Fsp3) is 0.429. The van der Waals surface area contributed by atoms with Crippen LogP contribution in [0.25, 0.3) is 0 Å². The molecular formula is C21H27N3O. The molecule has 4 nitrogen and oxygen atoms in total. The molecule has 3 rings (SSSR count). The molecule has 25 heavy (non-hydrogen) atoms. The summed E-state index contributed by atoms with van der Waals surface area (Å²) in [4.78, 5) is 16.8. The molecule has 1 aromatic heterocycles. The normalized spacial score (nSPS) is 16.7. The molecule has 0 bridgehead atoms. The van der Waals surface area contributed by atoms with Gasteiger partial charge in [0.25, 0.3) is 5.91 Å². The third kappa shape index (κ3) is 5.05. The van der Waals surface area contributed by atoms with E-state index in [1.165, 1.54) is 38.5 Å². The average Bonchev–Trinajstić information content (AvgIpc) is 2.91. The van der Waals surface area contributed by atoms with Crippen LogP contribution < -0.4 is 10.6 Å². The summed E-state index contributed by atoms with van der Waals surface area (Å²) in [6.07, 6.45) is 11.0. The van der Waals surface area contributed by atoms with Crippen LogP contribution in [0.1, 0.15) is 67.4 Å². The number of carbonyl (C=O) groups is 1. The second-order valence-corrected chi connectivity index (χ2v) is 6.90. The molecule has 1 aromatic carbocycles. The zero-order valence-electron chi connectivity index (χ0n) is 14.9. The molecule has 2 aromatic rings. The van der Waals surface area contributed by atoms with Crippen molar-refractivity contribution in [1.82, 2.24) is 10.3 Å². The van der Waals surface area contributed by atoms with Crippen molar-refractivity contribution >= 4 is 11.6 Å². The second kappa shape index (κ2) is 8.65. The number of nitrogens with one attached hydrogen (secondary N) is 2. The quantitative estimate of drug-likeness (QED) is 0.777. The fourth-order valence-electron chi connectivity index (χ4n) is 3.41. The highest BCUT2D eigenvalue weighted by atomic mass is 16.1. The smallest absolute Gasteiger partial charge is 0.253 e. The van der Waals surface area contributed by atoms with Gasteiger partial charge in [-0.25, -0.2) is 0 Å². The van der Waals surface area contributed by atoms with Crippen molar-refractivity contribution in [2.45, 2.75) is 57.5 Å². The van der Waals surface area contributed by atoms with E-state index >= 15 is 0 Å². The zero-order chi connectivity index (χ0) is 17.5. The Kier molecular flexibility index (Phi) is 6.04. The van der Waals surface area contributed by atoms with Gasteiger partial charge in [0.2, 0.25) is 0 Å². The van der Waals surface area contributed by atoms with Crippen LogP contribution in [0.5, 0.6) is 0 Å². The molecule has 0 aliphatic heterocycles. The van der Waals surface area contributed by atoms with Crippen LogP contribution >= 0.6 is 0 Å². The molecule has 2 N–H and O–H groups in total. The van der Waals surface area contributed by atoms with E-state index in [2.05, 4.69) is 15.6 Å². The van der Waals surface area contributed by atoms with Gasteiger partial charge in [0.15, 0.2) is 0 Å². The van der Waals surface area contributed by atoms with Crippen molar-refractivity contribution < 1.29 is 4.79 Å². The molecule has 132 valence electrons. The van der Waals surface area contributed by atoms with Gasteiger partial charge in [-0.2, -0.15) is 0 Å². The molecular weight excluding hydrogens is 310 g/mol. The molecule has 1 heterocycles. The highest BCUT2D eigenvalue weighted by Crippen LogP contribution is 2.21. The van der Waals surface area contributed by atoms with E-state index in [9.17, 15) is 4.79 Å². The molecule has 1 aliphatic rings. The number of benzene rings is 1. The maximum atomic E-state index is 12.5. The predicted molar refractivity (Wildman–Crippen MR) is 102 cm³/mol. The van der Waals surface area contributed by atoms with E-state index in [0.29, 0.717) is 11.6 Å². The molecule has 0 radical (unpaired) electrons. The molecule has 1 aliphatic carbocycles. The molecule has 0 saturated heterocycles. The van der Waals surface area contributed by atoms with E-state index in [0.717, 1.165) is 11.3 Å². The lowest BCUT2D eigenvalue weighted by atomic mass is 10.1. The number of amides is 1. The topological polar surface area (TPSA) is 54.0 Å². The molecule has 0 spiro atoms. The zero-order valence-corrected chi connectivity index (χ0v) is 14.9. The van der Waals surface area contributed by atoms with E-state index in [4.69, 9.17) is 0 Å². The summed E-state index contributed by atoms with van der Waals surface area (Å²) in [5.41, 5.74) is 2.63. The van der Waals surface area contributed by atoms with Crippen molar-refractivity contribution in [2.75, 3.05) is 5.32 Å². The van der Waals surface area contributed by atoms with Gasteiger partial charge in [-0.05, 0) is 31.4 Å². The van der Waals surface area contributed by atoms with Gasteiger partial charge >= 0.3 is 0 Å². The van der Waals surface area contributed by atoms with Gasteiger partial charge in [-0.1, -0.05) is 56.0 Å². The number of pyridine rings is 1. The van der Waals surface area contributed by atoms with E-state index in [-0.39, 0.29) is 11.9 Å². The minimum atomic E-state index is -0.0895. The summed E-state index contributed by atoms with van der Waals surface area (Å²) < 4.78 is 0. The highest BCUT2D eigenvalue weighted by Gasteiger charge is 2.15. The van der Waals surface area contributed by atoms with Crippen LogP contribution in [0, 0.1) is 0 Å². The summed E-state index contributed by atoms with van der Waals surface area (Å²) >= 11 is 0. The van der Waals surface area contributed by atoms with Gasteiger partial charge in [0.05, 0.1) is 17.3 Å². The highest BCUT2D eigenvalue weighted by molar-refractivity contribution is 5.95. The van der Waals surface area contributed by atoms with Gasteiger partial charge in [0.1, 0.15) is 0 Å². The SMILES string of the molecule is CC(NC(=O)c1cncc(NC2CCCCCC2)c1)c1ccccc1. The van der Waals surface area contributed by atoms with Crippen LogP contribution in [-0.2, 0) is 0 Å². The van der Waals surface area contributed by atoms with Gasteiger partial charge < -0.3 is 10.6 Å². The minimum absolute atomic E-state index is 0.0350. The Hall–Kier alpha value is -2.36. The van der Waals surface area contributed by atoms with E-state index in [1.54, 1.807) is 6.20 Å². The van der Waals surface area contributed by atoms with Crippen LogP contribution in [-0.4, -0.2) is 16.9 Å². The largest absolute Gasteiger partial charge is 0.381 e. The Balaban J connectivity index is 1.63. The molecule has 1 fully saturated rings. The van der Waals surface area contributed by atoms with Crippen molar-refractivity contribution in [3.05, 3.63) is 59.9 Å². The average molecular weight is 337 g/mol. The number of carbonyl (C=O) groups excluding carboxylic acids is 1. The van der Waals surface area contributed by atoms with Crippen molar-refractivity contribution in [2.24, 2.45) is 0 Å². The number of hydrogen-bond acceptors (Lipinski definition) is 3. The van der Waals surface area contributed by atoms with E-state index < -0.39 is 0 Å². The minimum Gasteiger partial charge on any atom is -0.381 e. The standard InChI is InChI=1S/C21H27N3O/c1-16(17-9-5-4-6-10-17)23-21(25)18-13-20(15-22-14-18)24-19-11-7-2-3-8-12-19/h4-6,9-10,13-16,19,24H,2-3,7-8,11-12H2,1H3,(H,23,25). The van der Waals surface area contributed by atoms with Crippen molar-refractivity contribution in [1.29, 1.82) is 0 Å². The van der Waals surface area contributed by atoms with Crippen LogP contribution in [0.2, 0.25) is 0 Å².